The maximum absolute atomic E-state index is 11.7. The molecule has 0 saturated heterocycles. The number of aliphatic carboxylic acids is 1. The molecule has 16 heavy (non-hydrogen) atoms. The van der Waals surface area contributed by atoms with Crippen molar-refractivity contribution in [3.05, 3.63) is 0 Å². The van der Waals surface area contributed by atoms with Crippen molar-refractivity contribution in [3.63, 3.8) is 0 Å². The number of hydrogen-bond donors (Lipinski definition) is 2. The molecule has 1 amide bonds. The van der Waals surface area contributed by atoms with Gasteiger partial charge in [0, 0.05) is 6.54 Å². The van der Waals surface area contributed by atoms with Crippen molar-refractivity contribution >= 4 is 11.9 Å². The number of carbonyl (C=O) groups is 2. The number of carbonyl (C=O) groups excluding carboxylic acids is 1. The van der Waals surface area contributed by atoms with E-state index in [0.29, 0.717) is 13.0 Å². The third-order valence-corrected chi connectivity index (χ3v) is 3.25. The summed E-state index contributed by atoms with van der Waals surface area (Å²) in [5, 5.41) is 11.8. The molecule has 0 unspecified atom stereocenters. The normalized spacial score (nSPS) is 24.3. The Morgan fingerprint density at radius 2 is 1.94 bits per heavy atom. The summed E-state index contributed by atoms with van der Waals surface area (Å²) < 4.78 is 0. The topological polar surface area (TPSA) is 66.4 Å². The van der Waals surface area contributed by atoms with Gasteiger partial charge in [-0.25, -0.2) is 0 Å². The molecule has 2 atom stereocenters. The van der Waals surface area contributed by atoms with Crippen molar-refractivity contribution < 1.29 is 14.7 Å². The quantitative estimate of drug-likeness (QED) is 0.680. The Kier molecular flexibility index (Phi) is 5.29. The highest BCUT2D eigenvalue weighted by Gasteiger charge is 2.37. The third-order valence-electron chi connectivity index (χ3n) is 3.25. The van der Waals surface area contributed by atoms with Crippen molar-refractivity contribution in [3.8, 4) is 0 Å². The summed E-state index contributed by atoms with van der Waals surface area (Å²) in [6, 6.07) is 0. The van der Waals surface area contributed by atoms with E-state index >= 15 is 0 Å². The highest BCUT2D eigenvalue weighted by atomic mass is 16.4. The van der Waals surface area contributed by atoms with Crippen LogP contribution in [0.1, 0.15) is 45.4 Å². The van der Waals surface area contributed by atoms with Crippen LogP contribution in [0.5, 0.6) is 0 Å². The number of hydrogen-bond acceptors (Lipinski definition) is 2. The molecular formula is C12H21NO3. The van der Waals surface area contributed by atoms with Crippen LogP contribution >= 0.6 is 0 Å². The largest absolute Gasteiger partial charge is 0.481 e. The lowest BCUT2D eigenvalue weighted by Gasteiger charge is -2.15. The average molecular weight is 227 g/mol. The van der Waals surface area contributed by atoms with Gasteiger partial charge in [0.05, 0.1) is 11.8 Å². The zero-order chi connectivity index (χ0) is 12.0. The Labute approximate surface area is 96.4 Å². The second-order valence-corrected chi connectivity index (χ2v) is 4.48. The van der Waals surface area contributed by atoms with Crippen LogP contribution in [0.2, 0.25) is 0 Å². The van der Waals surface area contributed by atoms with Crippen LogP contribution < -0.4 is 5.32 Å². The van der Waals surface area contributed by atoms with Gasteiger partial charge >= 0.3 is 5.97 Å². The second-order valence-electron chi connectivity index (χ2n) is 4.48. The summed E-state index contributed by atoms with van der Waals surface area (Å²) in [6.45, 7) is 2.79. The number of nitrogens with one attached hydrogen (secondary N) is 1. The maximum Gasteiger partial charge on any atom is 0.307 e. The van der Waals surface area contributed by atoms with E-state index in [1.165, 1.54) is 0 Å². The highest BCUT2D eigenvalue weighted by Crippen LogP contribution is 2.31. The van der Waals surface area contributed by atoms with Crippen LogP contribution in [0, 0.1) is 11.8 Å². The fraction of sp³-hybridized carbons (Fsp3) is 0.833. The van der Waals surface area contributed by atoms with E-state index in [2.05, 4.69) is 12.2 Å². The molecule has 2 N–H and O–H groups in total. The smallest absolute Gasteiger partial charge is 0.307 e. The second kappa shape index (κ2) is 6.51. The fourth-order valence-corrected chi connectivity index (χ4v) is 2.29. The molecule has 1 saturated carbocycles. The van der Waals surface area contributed by atoms with Gasteiger partial charge in [-0.1, -0.05) is 26.2 Å². The van der Waals surface area contributed by atoms with Gasteiger partial charge in [0.2, 0.25) is 5.91 Å². The SMILES string of the molecule is CCCCCNC(=O)[C@@H]1CCC[C@@H]1C(=O)O. The van der Waals surface area contributed by atoms with Gasteiger partial charge in [0.1, 0.15) is 0 Å². The first kappa shape index (κ1) is 13.0. The monoisotopic (exact) mass is 227 g/mol. The average Bonchev–Trinajstić information content (AvgIpc) is 2.73. The molecular weight excluding hydrogens is 206 g/mol. The molecule has 0 heterocycles. The lowest BCUT2D eigenvalue weighted by Crippen LogP contribution is -2.35. The zero-order valence-corrected chi connectivity index (χ0v) is 9.87. The van der Waals surface area contributed by atoms with Crippen molar-refractivity contribution in [2.75, 3.05) is 6.54 Å². The predicted molar refractivity (Wildman–Crippen MR) is 61.0 cm³/mol. The van der Waals surface area contributed by atoms with Crippen LogP contribution in [0.3, 0.4) is 0 Å². The molecule has 1 aliphatic rings. The maximum atomic E-state index is 11.7. The molecule has 1 aliphatic carbocycles. The van der Waals surface area contributed by atoms with Gasteiger partial charge in [0.15, 0.2) is 0 Å². The standard InChI is InChI=1S/C12H21NO3/c1-2-3-4-8-13-11(14)9-6-5-7-10(9)12(15)16/h9-10H,2-8H2,1H3,(H,13,14)(H,15,16)/t9-,10+/m1/s1. The van der Waals surface area contributed by atoms with Crippen LogP contribution in [-0.4, -0.2) is 23.5 Å². The molecule has 0 aliphatic heterocycles. The Morgan fingerprint density at radius 1 is 1.25 bits per heavy atom. The minimum Gasteiger partial charge on any atom is -0.481 e. The van der Waals surface area contributed by atoms with E-state index in [4.69, 9.17) is 5.11 Å². The molecule has 0 radical (unpaired) electrons. The van der Waals surface area contributed by atoms with Gasteiger partial charge in [0.25, 0.3) is 0 Å². The number of carboxylic acids is 1. The van der Waals surface area contributed by atoms with Crippen LogP contribution in [-0.2, 0) is 9.59 Å². The van der Waals surface area contributed by atoms with Crippen LogP contribution in [0.4, 0.5) is 0 Å². The Hall–Kier alpha value is -1.06. The Bertz CT molecular complexity index is 253. The zero-order valence-electron chi connectivity index (χ0n) is 9.87. The first-order valence-corrected chi connectivity index (χ1v) is 6.17. The highest BCUT2D eigenvalue weighted by molar-refractivity contribution is 5.85. The van der Waals surface area contributed by atoms with E-state index in [0.717, 1.165) is 32.1 Å². The van der Waals surface area contributed by atoms with Crippen molar-refractivity contribution in [2.24, 2.45) is 11.8 Å². The van der Waals surface area contributed by atoms with Crippen molar-refractivity contribution in [1.29, 1.82) is 0 Å². The van der Waals surface area contributed by atoms with Crippen LogP contribution in [0.15, 0.2) is 0 Å². The molecule has 1 fully saturated rings. The van der Waals surface area contributed by atoms with Crippen LogP contribution in [0.25, 0.3) is 0 Å². The Balaban J connectivity index is 2.32. The summed E-state index contributed by atoms with van der Waals surface area (Å²) >= 11 is 0. The van der Waals surface area contributed by atoms with E-state index in [1.807, 2.05) is 0 Å². The summed E-state index contributed by atoms with van der Waals surface area (Å²) in [4.78, 5) is 22.7. The molecule has 0 spiro atoms. The minimum absolute atomic E-state index is 0.0685. The van der Waals surface area contributed by atoms with E-state index in [1.54, 1.807) is 0 Å². The summed E-state index contributed by atoms with van der Waals surface area (Å²) in [7, 11) is 0. The summed E-state index contributed by atoms with van der Waals surface area (Å²) in [5.41, 5.74) is 0. The van der Waals surface area contributed by atoms with Gasteiger partial charge in [-0.05, 0) is 19.3 Å². The molecule has 92 valence electrons. The van der Waals surface area contributed by atoms with Crippen molar-refractivity contribution in [1.82, 2.24) is 5.32 Å². The van der Waals surface area contributed by atoms with Gasteiger partial charge in [-0.15, -0.1) is 0 Å². The number of carboxylic acid groups (broad SMARTS) is 1. The molecule has 0 aromatic heterocycles. The molecule has 4 heteroatoms. The lowest BCUT2D eigenvalue weighted by molar-refractivity contribution is -0.146. The van der Waals surface area contributed by atoms with Gasteiger partial charge < -0.3 is 10.4 Å². The lowest BCUT2D eigenvalue weighted by atomic mass is 9.95. The molecule has 4 nitrogen and oxygen atoms in total. The number of rotatable bonds is 6. The summed E-state index contributed by atoms with van der Waals surface area (Å²) in [6.07, 6.45) is 5.42. The first-order valence-electron chi connectivity index (χ1n) is 6.17. The van der Waals surface area contributed by atoms with Crippen molar-refractivity contribution in [2.45, 2.75) is 45.4 Å². The molecule has 1 rings (SSSR count). The first-order chi connectivity index (χ1) is 7.66. The van der Waals surface area contributed by atoms with E-state index in [-0.39, 0.29) is 11.8 Å². The number of amides is 1. The van der Waals surface area contributed by atoms with Gasteiger partial charge in [-0.3, -0.25) is 9.59 Å². The fourth-order valence-electron chi connectivity index (χ4n) is 2.29. The van der Waals surface area contributed by atoms with Gasteiger partial charge in [-0.2, -0.15) is 0 Å². The minimum atomic E-state index is -0.828. The van der Waals surface area contributed by atoms with E-state index in [9.17, 15) is 9.59 Å². The Morgan fingerprint density at radius 3 is 2.56 bits per heavy atom. The molecule has 0 aromatic carbocycles. The van der Waals surface area contributed by atoms with E-state index < -0.39 is 11.9 Å². The molecule has 0 aromatic rings. The summed E-state index contributed by atoms with van der Waals surface area (Å²) in [5.74, 6) is -1.67. The third kappa shape index (κ3) is 3.51. The molecule has 0 bridgehead atoms. The predicted octanol–water partition coefficient (Wildman–Crippen LogP) is 1.79. The number of unbranched alkanes of at least 4 members (excludes halogenated alkanes) is 2.